The number of hydrogen-bond acceptors (Lipinski definition) is 3. The summed E-state index contributed by atoms with van der Waals surface area (Å²) >= 11 is 0. The smallest absolute Gasteiger partial charge is 0.224 e. The molecule has 4 nitrogen and oxygen atoms in total. The van der Waals surface area contributed by atoms with Crippen LogP contribution in [0.5, 0.6) is 0 Å². The van der Waals surface area contributed by atoms with E-state index in [9.17, 15) is 9.90 Å². The van der Waals surface area contributed by atoms with E-state index in [2.05, 4.69) is 17.4 Å². The number of fused-ring (bicyclic) bond motifs is 1. The Morgan fingerprint density at radius 1 is 1.33 bits per heavy atom. The van der Waals surface area contributed by atoms with E-state index in [1.54, 1.807) is 7.11 Å². The number of ether oxygens (including phenoxy) is 1. The van der Waals surface area contributed by atoms with Gasteiger partial charge < -0.3 is 15.2 Å². The normalized spacial score (nSPS) is 27.6. The molecule has 0 aromatic heterocycles. The lowest BCUT2D eigenvalue weighted by Gasteiger charge is -2.19. The molecule has 0 unspecified atom stereocenters. The van der Waals surface area contributed by atoms with Crippen molar-refractivity contribution in [3.05, 3.63) is 34.9 Å². The van der Waals surface area contributed by atoms with Gasteiger partial charge in [0, 0.05) is 7.11 Å². The number of aliphatic hydroxyl groups excluding tert-OH is 1. The van der Waals surface area contributed by atoms with Crippen LogP contribution in [0.15, 0.2) is 18.2 Å². The predicted octanol–water partition coefficient (Wildman–Crippen LogP) is 1.37. The van der Waals surface area contributed by atoms with Crippen LogP contribution in [-0.4, -0.2) is 36.4 Å². The zero-order valence-corrected chi connectivity index (χ0v) is 12.5. The summed E-state index contributed by atoms with van der Waals surface area (Å²) < 4.78 is 5.20. The molecular weight excluding hydrogens is 266 g/mol. The fourth-order valence-corrected chi connectivity index (χ4v) is 3.54. The summed E-state index contributed by atoms with van der Waals surface area (Å²) in [6.45, 7) is 0. The van der Waals surface area contributed by atoms with E-state index in [-0.39, 0.29) is 18.1 Å². The third-order valence-corrected chi connectivity index (χ3v) is 4.73. The van der Waals surface area contributed by atoms with Crippen LogP contribution >= 0.6 is 0 Å². The first-order chi connectivity index (χ1) is 10.2. The lowest BCUT2D eigenvalue weighted by atomic mass is 10.0. The van der Waals surface area contributed by atoms with E-state index >= 15 is 0 Å². The zero-order chi connectivity index (χ0) is 14.8. The quantitative estimate of drug-likeness (QED) is 0.880. The summed E-state index contributed by atoms with van der Waals surface area (Å²) in [6, 6.07) is 6.17. The van der Waals surface area contributed by atoms with Crippen LogP contribution in [-0.2, 0) is 28.8 Å². The van der Waals surface area contributed by atoms with E-state index in [0.29, 0.717) is 6.42 Å². The number of benzene rings is 1. The highest BCUT2D eigenvalue weighted by atomic mass is 16.5. The Hall–Kier alpha value is -1.39. The van der Waals surface area contributed by atoms with Gasteiger partial charge in [-0.15, -0.1) is 0 Å². The minimum Gasteiger partial charge on any atom is -0.388 e. The van der Waals surface area contributed by atoms with Gasteiger partial charge in [-0.25, -0.2) is 0 Å². The van der Waals surface area contributed by atoms with Crippen molar-refractivity contribution < 1.29 is 14.6 Å². The molecule has 0 bridgehead atoms. The second-order valence-electron chi connectivity index (χ2n) is 6.15. The highest BCUT2D eigenvalue weighted by Crippen LogP contribution is 2.24. The van der Waals surface area contributed by atoms with Crippen LogP contribution in [0.4, 0.5) is 0 Å². The van der Waals surface area contributed by atoms with Crippen molar-refractivity contribution in [1.29, 1.82) is 0 Å². The molecule has 4 heteroatoms. The van der Waals surface area contributed by atoms with Crippen LogP contribution < -0.4 is 5.32 Å². The van der Waals surface area contributed by atoms with Gasteiger partial charge in [0.15, 0.2) is 0 Å². The van der Waals surface area contributed by atoms with Crippen molar-refractivity contribution in [3.8, 4) is 0 Å². The Kier molecular flexibility index (Phi) is 4.27. The van der Waals surface area contributed by atoms with Gasteiger partial charge in [0.1, 0.15) is 6.10 Å². The molecule has 1 aromatic rings. The first-order valence-electron chi connectivity index (χ1n) is 7.78. The fourth-order valence-electron chi connectivity index (χ4n) is 3.54. The van der Waals surface area contributed by atoms with Crippen molar-refractivity contribution in [2.24, 2.45) is 0 Å². The molecule has 0 saturated heterocycles. The molecule has 0 radical (unpaired) electrons. The van der Waals surface area contributed by atoms with Crippen LogP contribution in [0.1, 0.15) is 36.0 Å². The molecule has 0 aliphatic heterocycles. The first-order valence-corrected chi connectivity index (χ1v) is 7.78. The Balaban J connectivity index is 1.57. The van der Waals surface area contributed by atoms with Crippen molar-refractivity contribution in [2.75, 3.05) is 7.11 Å². The van der Waals surface area contributed by atoms with E-state index in [1.807, 2.05) is 6.07 Å². The number of nitrogens with one attached hydrogen (secondary N) is 1. The number of amides is 1. The van der Waals surface area contributed by atoms with Gasteiger partial charge in [-0.3, -0.25) is 4.79 Å². The number of methoxy groups -OCH3 is 1. The summed E-state index contributed by atoms with van der Waals surface area (Å²) in [5, 5.41) is 13.0. The van der Waals surface area contributed by atoms with Crippen molar-refractivity contribution in [1.82, 2.24) is 5.32 Å². The molecule has 3 atom stereocenters. The summed E-state index contributed by atoms with van der Waals surface area (Å²) in [5.74, 6) is -0.0197. The number of rotatable bonds is 4. The largest absolute Gasteiger partial charge is 0.388 e. The molecule has 3 rings (SSSR count). The highest BCUT2D eigenvalue weighted by molar-refractivity contribution is 5.79. The summed E-state index contributed by atoms with van der Waals surface area (Å²) in [5.41, 5.74) is 3.87. The third kappa shape index (κ3) is 3.11. The molecule has 0 spiro atoms. The minimum atomic E-state index is -0.598. The van der Waals surface area contributed by atoms with E-state index < -0.39 is 6.10 Å². The third-order valence-electron chi connectivity index (χ3n) is 4.73. The SMILES string of the molecule is CO[C@@H]1CC[C@@H](NC(=O)Cc2ccc3c(c2)CCC3)[C@H]1O. The summed E-state index contributed by atoms with van der Waals surface area (Å²) in [7, 11) is 1.60. The first kappa shape index (κ1) is 14.5. The van der Waals surface area contributed by atoms with Crippen LogP contribution in [0, 0.1) is 0 Å². The van der Waals surface area contributed by atoms with Gasteiger partial charge in [-0.05, 0) is 48.8 Å². The second kappa shape index (κ2) is 6.16. The summed E-state index contributed by atoms with van der Waals surface area (Å²) in [4.78, 5) is 12.1. The number of aryl methyl sites for hydroxylation is 2. The van der Waals surface area contributed by atoms with Crippen molar-refractivity contribution >= 4 is 5.91 Å². The number of carbonyl (C=O) groups is 1. The molecule has 2 aliphatic carbocycles. The zero-order valence-electron chi connectivity index (χ0n) is 12.5. The van der Waals surface area contributed by atoms with Crippen molar-refractivity contribution in [2.45, 2.75) is 56.8 Å². The highest BCUT2D eigenvalue weighted by Gasteiger charge is 2.35. The Morgan fingerprint density at radius 2 is 2.14 bits per heavy atom. The number of carbonyl (C=O) groups excluding carboxylic acids is 1. The fraction of sp³-hybridized carbons (Fsp3) is 0.588. The molecule has 0 heterocycles. The maximum Gasteiger partial charge on any atom is 0.224 e. The molecule has 1 fully saturated rings. The van der Waals surface area contributed by atoms with Gasteiger partial charge in [0.25, 0.3) is 0 Å². The molecule has 1 amide bonds. The Labute approximate surface area is 125 Å². The average molecular weight is 289 g/mol. The second-order valence-corrected chi connectivity index (χ2v) is 6.15. The maximum atomic E-state index is 12.1. The van der Waals surface area contributed by atoms with E-state index in [1.165, 1.54) is 17.5 Å². The molecule has 21 heavy (non-hydrogen) atoms. The molecule has 1 saturated carbocycles. The Morgan fingerprint density at radius 3 is 2.90 bits per heavy atom. The molecule has 2 N–H and O–H groups in total. The molecule has 1 aromatic carbocycles. The van der Waals surface area contributed by atoms with Gasteiger partial charge in [-0.2, -0.15) is 0 Å². The molecule has 114 valence electrons. The van der Waals surface area contributed by atoms with Crippen LogP contribution in [0.2, 0.25) is 0 Å². The topological polar surface area (TPSA) is 58.6 Å². The molecule has 2 aliphatic rings. The number of hydrogen-bond donors (Lipinski definition) is 2. The standard InChI is InChI=1S/C17H23NO3/c1-21-15-8-7-14(17(15)20)18-16(19)10-11-5-6-12-3-2-4-13(12)9-11/h5-6,9,14-15,17,20H,2-4,7-8,10H2,1H3,(H,18,19)/t14-,15-,17-/m1/s1. The van der Waals surface area contributed by atoms with Gasteiger partial charge >= 0.3 is 0 Å². The Bertz CT molecular complexity index is 529. The molecular formula is C17H23NO3. The van der Waals surface area contributed by atoms with Crippen molar-refractivity contribution in [3.63, 3.8) is 0 Å². The lowest BCUT2D eigenvalue weighted by Crippen LogP contribution is -2.43. The van der Waals surface area contributed by atoms with Crippen LogP contribution in [0.25, 0.3) is 0 Å². The van der Waals surface area contributed by atoms with Gasteiger partial charge in [0.05, 0.1) is 18.6 Å². The van der Waals surface area contributed by atoms with Gasteiger partial charge in [-0.1, -0.05) is 18.2 Å². The van der Waals surface area contributed by atoms with Crippen LogP contribution in [0.3, 0.4) is 0 Å². The number of aliphatic hydroxyl groups is 1. The van der Waals surface area contributed by atoms with E-state index in [0.717, 1.165) is 31.2 Å². The maximum absolute atomic E-state index is 12.1. The summed E-state index contributed by atoms with van der Waals surface area (Å²) in [6.07, 6.45) is 4.70. The predicted molar refractivity (Wildman–Crippen MR) is 80.1 cm³/mol. The average Bonchev–Trinajstić information content (AvgIpc) is 3.06. The lowest BCUT2D eigenvalue weighted by molar-refractivity contribution is -0.122. The van der Waals surface area contributed by atoms with Gasteiger partial charge in [0.2, 0.25) is 5.91 Å². The van der Waals surface area contributed by atoms with E-state index in [4.69, 9.17) is 4.74 Å². The monoisotopic (exact) mass is 289 g/mol. The minimum absolute atomic E-state index is 0.0197.